The average molecular weight is 380 g/mol. The maximum Gasteiger partial charge on any atom is 0.251 e. The SMILES string of the molecule is Cl.O=C(NCCNC1CCCCCC1)c1cccc(NC(=O)C2CC2)c1. The van der Waals surface area contributed by atoms with E-state index >= 15 is 0 Å². The first-order valence-electron chi connectivity index (χ1n) is 9.65. The van der Waals surface area contributed by atoms with Gasteiger partial charge >= 0.3 is 0 Å². The fraction of sp³-hybridized carbons (Fsp3) is 0.600. The van der Waals surface area contributed by atoms with Gasteiger partial charge in [-0.1, -0.05) is 31.7 Å². The second-order valence-corrected chi connectivity index (χ2v) is 7.24. The van der Waals surface area contributed by atoms with Crippen molar-refractivity contribution in [3.8, 4) is 0 Å². The number of hydrogen-bond acceptors (Lipinski definition) is 3. The summed E-state index contributed by atoms with van der Waals surface area (Å²) in [7, 11) is 0. The van der Waals surface area contributed by atoms with Crippen LogP contribution >= 0.6 is 12.4 Å². The van der Waals surface area contributed by atoms with Gasteiger partial charge in [0.1, 0.15) is 0 Å². The summed E-state index contributed by atoms with van der Waals surface area (Å²) in [6.45, 7) is 1.42. The van der Waals surface area contributed by atoms with Crippen molar-refractivity contribution in [3.63, 3.8) is 0 Å². The molecular formula is C20H30ClN3O2. The summed E-state index contributed by atoms with van der Waals surface area (Å²) in [5.41, 5.74) is 1.28. The molecule has 0 unspecified atom stereocenters. The van der Waals surface area contributed by atoms with Crippen molar-refractivity contribution in [1.82, 2.24) is 10.6 Å². The molecule has 26 heavy (non-hydrogen) atoms. The number of anilines is 1. The van der Waals surface area contributed by atoms with Gasteiger partial charge in [-0.3, -0.25) is 9.59 Å². The summed E-state index contributed by atoms with van der Waals surface area (Å²) in [5, 5.41) is 9.39. The lowest BCUT2D eigenvalue weighted by Crippen LogP contribution is -2.36. The Kier molecular flexibility index (Phi) is 8.39. The summed E-state index contributed by atoms with van der Waals surface area (Å²) in [6.07, 6.45) is 9.76. The molecule has 2 amide bonds. The monoisotopic (exact) mass is 379 g/mol. The van der Waals surface area contributed by atoms with E-state index < -0.39 is 0 Å². The van der Waals surface area contributed by atoms with Crippen molar-refractivity contribution < 1.29 is 9.59 Å². The summed E-state index contributed by atoms with van der Waals surface area (Å²) >= 11 is 0. The maximum absolute atomic E-state index is 12.3. The van der Waals surface area contributed by atoms with E-state index in [-0.39, 0.29) is 30.1 Å². The molecule has 0 aliphatic heterocycles. The van der Waals surface area contributed by atoms with Crippen LogP contribution in [0.25, 0.3) is 0 Å². The van der Waals surface area contributed by atoms with Crippen molar-refractivity contribution in [1.29, 1.82) is 0 Å². The quantitative estimate of drug-likeness (QED) is 0.501. The van der Waals surface area contributed by atoms with Gasteiger partial charge in [0.25, 0.3) is 5.91 Å². The van der Waals surface area contributed by atoms with E-state index in [4.69, 9.17) is 0 Å². The lowest BCUT2D eigenvalue weighted by Gasteiger charge is -2.16. The van der Waals surface area contributed by atoms with Crippen molar-refractivity contribution in [2.45, 2.75) is 57.4 Å². The van der Waals surface area contributed by atoms with Crippen LogP contribution in [0.15, 0.2) is 24.3 Å². The van der Waals surface area contributed by atoms with Crippen LogP contribution in [-0.2, 0) is 4.79 Å². The third kappa shape index (κ3) is 6.61. The molecule has 3 rings (SSSR count). The lowest BCUT2D eigenvalue weighted by molar-refractivity contribution is -0.117. The molecule has 6 heteroatoms. The van der Waals surface area contributed by atoms with E-state index in [1.807, 2.05) is 6.07 Å². The normalized spacial score (nSPS) is 17.7. The van der Waals surface area contributed by atoms with Gasteiger partial charge < -0.3 is 16.0 Å². The largest absolute Gasteiger partial charge is 0.351 e. The topological polar surface area (TPSA) is 70.2 Å². The van der Waals surface area contributed by atoms with E-state index in [9.17, 15) is 9.59 Å². The van der Waals surface area contributed by atoms with Crippen LogP contribution in [0.1, 0.15) is 61.7 Å². The molecule has 0 heterocycles. The van der Waals surface area contributed by atoms with Crippen molar-refractivity contribution in [3.05, 3.63) is 29.8 Å². The standard InChI is InChI=1S/C20H29N3O2.ClH/c24-19(22-13-12-21-17-7-3-1-2-4-8-17)16-6-5-9-18(14-16)23-20(25)15-10-11-15;/h5-6,9,14-15,17,21H,1-4,7-8,10-13H2,(H,22,24)(H,23,25);1H. The molecule has 0 atom stereocenters. The predicted octanol–water partition coefficient (Wildman–Crippen LogP) is 3.50. The zero-order valence-electron chi connectivity index (χ0n) is 15.3. The zero-order valence-corrected chi connectivity index (χ0v) is 16.1. The molecule has 5 nitrogen and oxygen atoms in total. The molecule has 0 radical (unpaired) electrons. The van der Waals surface area contributed by atoms with Crippen LogP contribution in [-0.4, -0.2) is 30.9 Å². The fourth-order valence-corrected chi connectivity index (χ4v) is 3.37. The minimum atomic E-state index is -0.0924. The van der Waals surface area contributed by atoms with Gasteiger partial charge in [0.05, 0.1) is 0 Å². The molecule has 2 aliphatic carbocycles. The fourth-order valence-electron chi connectivity index (χ4n) is 3.37. The first-order valence-corrected chi connectivity index (χ1v) is 9.65. The number of carbonyl (C=O) groups excluding carboxylic acids is 2. The molecule has 1 aromatic rings. The van der Waals surface area contributed by atoms with Gasteiger partial charge in [0, 0.05) is 36.3 Å². The van der Waals surface area contributed by atoms with Gasteiger partial charge in [0.15, 0.2) is 0 Å². The average Bonchev–Trinajstić information content (AvgIpc) is 3.46. The van der Waals surface area contributed by atoms with Crippen LogP contribution in [0.5, 0.6) is 0 Å². The third-order valence-corrected chi connectivity index (χ3v) is 5.04. The molecule has 2 fully saturated rings. The van der Waals surface area contributed by atoms with Crippen molar-refractivity contribution >= 4 is 29.9 Å². The Labute approximate surface area is 162 Å². The summed E-state index contributed by atoms with van der Waals surface area (Å²) < 4.78 is 0. The van der Waals surface area contributed by atoms with E-state index in [1.165, 1.54) is 38.5 Å². The van der Waals surface area contributed by atoms with E-state index in [2.05, 4.69) is 16.0 Å². The highest BCUT2D eigenvalue weighted by Gasteiger charge is 2.29. The van der Waals surface area contributed by atoms with E-state index in [0.29, 0.717) is 23.8 Å². The number of amides is 2. The van der Waals surface area contributed by atoms with Crippen LogP contribution in [0, 0.1) is 5.92 Å². The minimum absolute atomic E-state index is 0. The van der Waals surface area contributed by atoms with Crippen LogP contribution in [0.3, 0.4) is 0 Å². The number of carbonyl (C=O) groups is 2. The third-order valence-electron chi connectivity index (χ3n) is 5.04. The molecule has 0 aromatic heterocycles. The Bertz CT molecular complexity index is 596. The molecule has 0 saturated heterocycles. The number of hydrogen-bond donors (Lipinski definition) is 3. The first kappa shape index (κ1) is 20.7. The molecule has 0 spiro atoms. The summed E-state index contributed by atoms with van der Waals surface area (Å²) in [5.74, 6) is 0.128. The second kappa shape index (κ2) is 10.5. The van der Waals surface area contributed by atoms with E-state index in [0.717, 1.165) is 19.4 Å². The predicted molar refractivity (Wildman–Crippen MR) is 107 cm³/mol. The Morgan fingerprint density at radius 3 is 2.38 bits per heavy atom. The molecule has 144 valence electrons. The van der Waals surface area contributed by atoms with Crippen molar-refractivity contribution in [2.75, 3.05) is 18.4 Å². The molecule has 1 aromatic carbocycles. The smallest absolute Gasteiger partial charge is 0.251 e. The lowest BCUT2D eigenvalue weighted by atomic mass is 10.1. The number of nitrogens with one attached hydrogen (secondary N) is 3. The molecule has 3 N–H and O–H groups in total. The Morgan fingerprint density at radius 1 is 0.962 bits per heavy atom. The molecule has 2 aliphatic rings. The maximum atomic E-state index is 12.3. The van der Waals surface area contributed by atoms with Gasteiger partial charge in [-0.25, -0.2) is 0 Å². The second-order valence-electron chi connectivity index (χ2n) is 7.24. The Morgan fingerprint density at radius 2 is 1.69 bits per heavy atom. The summed E-state index contributed by atoms with van der Waals surface area (Å²) in [4.78, 5) is 24.1. The minimum Gasteiger partial charge on any atom is -0.351 e. The van der Waals surface area contributed by atoms with Gasteiger partial charge in [-0.15, -0.1) is 12.4 Å². The highest BCUT2D eigenvalue weighted by atomic mass is 35.5. The number of benzene rings is 1. The highest BCUT2D eigenvalue weighted by molar-refractivity contribution is 5.98. The highest BCUT2D eigenvalue weighted by Crippen LogP contribution is 2.30. The zero-order chi connectivity index (χ0) is 17.5. The molecular weight excluding hydrogens is 350 g/mol. The summed E-state index contributed by atoms with van der Waals surface area (Å²) in [6, 6.07) is 7.75. The van der Waals surface area contributed by atoms with E-state index in [1.54, 1.807) is 18.2 Å². The van der Waals surface area contributed by atoms with Gasteiger partial charge in [-0.05, 0) is 43.9 Å². The molecule has 2 saturated carbocycles. The first-order chi connectivity index (χ1) is 12.2. The van der Waals surface area contributed by atoms with Gasteiger partial charge in [0.2, 0.25) is 5.91 Å². The number of rotatable bonds is 7. The Balaban J connectivity index is 0.00000243. The van der Waals surface area contributed by atoms with Crippen LogP contribution in [0.4, 0.5) is 5.69 Å². The van der Waals surface area contributed by atoms with Crippen LogP contribution < -0.4 is 16.0 Å². The Hall–Kier alpha value is -1.59. The molecule has 0 bridgehead atoms. The van der Waals surface area contributed by atoms with Gasteiger partial charge in [-0.2, -0.15) is 0 Å². The van der Waals surface area contributed by atoms with Crippen LogP contribution in [0.2, 0.25) is 0 Å². The van der Waals surface area contributed by atoms with Crippen molar-refractivity contribution in [2.24, 2.45) is 5.92 Å². The number of halogens is 1.